The summed E-state index contributed by atoms with van der Waals surface area (Å²) in [6.07, 6.45) is -0.00955. The van der Waals surface area contributed by atoms with Crippen molar-refractivity contribution in [3.63, 3.8) is 0 Å². The van der Waals surface area contributed by atoms with E-state index >= 15 is 0 Å². The number of aliphatic carboxylic acids is 1. The SMILES string of the molecule is O=C(O)CCOCCOCCOCCOCCOCCOCCOCCN1C(=O)c2ccccc2C1=O. The van der Waals surface area contributed by atoms with Crippen LogP contribution >= 0.6 is 0 Å². The number of fused-ring (bicyclic) bond motifs is 1. The molecular weight excluding hydrogens is 490 g/mol. The fourth-order valence-corrected chi connectivity index (χ4v) is 3.18. The third-order valence-electron chi connectivity index (χ3n) is 5.03. The van der Waals surface area contributed by atoms with Gasteiger partial charge in [-0.15, -0.1) is 0 Å². The molecule has 0 saturated carbocycles. The van der Waals surface area contributed by atoms with Crippen molar-refractivity contribution in [2.45, 2.75) is 6.42 Å². The zero-order chi connectivity index (χ0) is 26.6. The molecule has 0 atom stereocenters. The molecule has 1 heterocycles. The van der Waals surface area contributed by atoms with Gasteiger partial charge < -0.3 is 38.3 Å². The van der Waals surface area contributed by atoms with Gasteiger partial charge in [0, 0.05) is 0 Å². The second-order valence-corrected chi connectivity index (χ2v) is 7.74. The fourth-order valence-electron chi connectivity index (χ4n) is 3.18. The molecule has 0 fully saturated rings. The van der Waals surface area contributed by atoms with Crippen LogP contribution in [0.25, 0.3) is 0 Å². The van der Waals surface area contributed by atoms with Crippen LogP contribution in [0.3, 0.4) is 0 Å². The van der Waals surface area contributed by atoms with Gasteiger partial charge in [0.05, 0.1) is 117 Å². The van der Waals surface area contributed by atoms with Crippen LogP contribution in [0.1, 0.15) is 27.1 Å². The molecule has 1 aliphatic rings. The van der Waals surface area contributed by atoms with Crippen molar-refractivity contribution >= 4 is 17.8 Å². The Bertz CT molecular complexity index is 770. The second-order valence-electron chi connectivity index (χ2n) is 7.74. The zero-order valence-corrected chi connectivity index (χ0v) is 21.1. The lowest BCUT2D eigenvalue weighted by Gasteiger charge is -2.13. The predicted octanol–water partition coefficient (Wildman–Crippen LogP) is 0.874. The van der Waals surface area contributed by atoms with Gasteiger partial charge in [-0.05, 0) is 12.1 Å². The zero-order valence-electron chi connectivity index (χ0n) is 21.1. The molecule has 208 valence electrons. The van der Waals surface area contributed by atoms with Gasteiger partial charge in [0.25, 0.3) is 11.8 Å². The molecule has 37 heavy (non-hydrogen) atoms. The molecule has 1 aromatic carbocycles. The Kier molecular flexibility index (Phi) is 16.3. The third kappa shape index (κ3) is 13.1. The van der Waals surface area contributed by atoms with Crippen molar-refractivity contribution in [1.82, 2.24) is 4.90 Å². The van der Waals surface area contributed by atoms with Gasteiger partial charge in [-0.2, -0.15) is 0 Å². The van der Waals surface area contributed by atoms with Gasteiger partial charge >= 0.3 is 5.97 Å². The summed E-state index contributed by atoms with van der Waals surface area (Å²) in [6, 6.07) is 6.79. The van der Waals surface area contributed by atoms with Crippen LogP contribution in [0.15, 0.2) is 24.3 Å². The maximum Gasteiger partial charge on any atom is 0.305 e. The number of hydrogen-bond acceptors (Lipinski definition) is 10. The first-order valence-electron chi connectivity index (χ1n) is 12.3. The minimum absolute atomic E-state index is 0.00955. The number of ether oxygens (including phenoxy) is 7. The summed E-state index contributed by atoms with van der Waals surface area (Å²) in [5.41, 5.74) is 0.874. The van der Waals surface area contributed by atoms with Crippen molar-refractivity contribution in [2.24, 2.45) is 0 Å². The molecule has 0 aromatic heterocycles. The lowest BCUT2D eigenvalue weighted by molar-refractivity contribution is -0.138. The van der Waals surface area contributed by atoms with E-state index in [2.05, 4.69) is 0 Å². The largest absolute Gasteiger partial charge is 0.481 e. The lowest BCUT2D eigenvalue weighted by Crippen LogP contribution is -2.33. The standard InChI is InChI=1S/C25H37NO11/c27-23(28)5-7-31-9-11-33-13-15-35-17-19-37-20-18-36-16-14-34-12-10-32-8-6-26-24(29)21-3-1-2-4-22(21)25(26)30/h1-4H,5-20H2,(H,27,28). The molecule has 0 bridgehead atoms. The Labute approximate surface area is 216 Å². The second kappa shape index (κ2) is 19.6. The van der Waals surface area contributed by atoms with E-state index in [1.165, 1.54) is 4.90 Å². The van der Waals surface area contributed by atoms with Gasteiger partial charge in [0.15, 0.2) is 0 Å². The minimum Gasteiger partial charge on any atom is -0.481 e. The first-order chi connectivity index (χ1) is 18.1. The Hall–Kier alpha value is -2.45. The van der Waals surface area contributed by atoms with Crippen LogP contribution in [0, 0.1) is 0 Å². The smallest absolute Gasteiger partial charge is 0.305 e. The number of carbonyl (C=O) groups is 3. The van der Waals surface area contributed by atoms with Crippen LogP contribution in [-0.2, 0) is 38.0 Å². The molecule has 12 heteroatoms. The number of benzene rings is 1. The Morgan fingerprint density at radius 1 is 0.568 bits per heavy atom. The van der Waals surface area contributed by atoms with E-state index in [9.17, 15) is 14.4 Å². The number of imide groups is 1. The summed E-state index contributed by atoms with van der Waals surface area (Å²) in [5.74, 6) is -1.45. The Morgan fingerprint density at radius 3 is 1.24 bits per heavy atom. The minimum atomic E-state index is -0.881. The van der Waals surface area contributed by atoms with E-state index in [0.717, 1.165) is 0 Å². The van der Waals surface area contributed by atoms with Crippen molar-refractivity contribution < 1.29 is 52.6 Å². The normalized spacial score (nSPS) is 12.9. The van der Waals surface area contributed by atoms with Crippen LogP contribution < -0.4 is 0 Å². The van der Waals surface area contributed by atoms with Gasteiger partial charge in [-0.25, -0.2) is 0 Å². The summed E-state index contributed by atoms with van der Waals surface area (Å²) in [7, 11) is 0. The predicted molar refractivity (Wildman–Crippen MR) is 130 cm³/mol. The summed E-state index contributed by atoms with van der Waals surface area (Å²) in [5, 5.41) is 8.46. The third-order valence-corrected chi connectivity index (χ3v) is 5.03. The number of carboxylic acid groups (broad SMARTS) is 1. The molecule has 1 aromatic rings. The van der Waals surface area contributed by atoms with Gasteiger partial charge in [-0.3, -0.25) is 19.3 Å². The van der Waals surface area contributed by atoms with E-state index in [4.69, 9.17) is 38.3 Å². The molecule has 2 rings (SSSR count). The molecule has 0 unspecified atom stereocenters. The maximum atomic E-state index is 12.2. The quantitative estimate of drug-likeness (QED) is 0.151. The van der Waals surface area contributed by atoms with Crippen LogP contribution in [0.5, 0.6) is 0 Å². The number of rotatable bonds is 24. The average molecular weight is 528 g/mol. The van der Waals surface area contributed by atoms with Gasteiger partial charge in [-0.1, -0.05) is 12.1 Å². The van der Waals surface area contributed by atoms with Crippen LogP contribution in [-0.4, -0.2) is 127 Å². The summed E-state index contributed by atoms with van der Waals surface area (Å²) < 4.78 is 37.5. The molecule has 12 nitrogen and oxygen atoms in total. The molecular formula is C25H37NO11. The highest BCUT2D eigenvalue weighted by molar-refractivity contribution is 6.21. The molecule has 2 amide bonds. The summed E-state index contributed by atoms with van der Waals surface area (Å²) >= 11 is 0. The number of amides is 2. The van der Waals surface area contributed by atoms with E-state index in [-0.39, 0.29) is 38.0 Å². The number of carboxylic acids is 1. The van der Waals surface area contributed by atoms with E-state index < -0.39 is 5.97 Å². The summed E-state index contributed by atoms with van der Waals surface area (Å²) in [4.78, 5) is 36.0. The highest BCUT2D eigenvalue weighted by atomic mass is 16.6. The molecule has 0 saturated heterocycles. The maximum absolute atomic E-state index is 12.2. The lowest BCUT2D eigenvalue weighted by atomic mass is 10.1. The Balaban J connectivity index is 1.26. The fraction of sp³-hybridized carbons (Fsp3) is 0.640. The number of nitrogens with zero attached hydrogens (tertiary/aromatic N) is 1. The highest BCUT2D eigenvalue weighted by Gasteiger charge is 2.34. The van der Waals surface area contributed by atoms with Crippen LogP contribution in [0.4, 0.5) is 0 Å². The molecule has 0 spiro atoms. The monoisotopic (exact) mass is 527 g/mol. The van der Waals surface area contributed by atoms with Crippen molar-refractivity contribution in [1.29, 1.82) is 0 Å². The van der Waals surface area contributed by atoms with E-state index in [1.807, 2.05) is 0 Å². The molecule has 1 aliphatic heterocycles. The average Bonchev–Trinajstić information content (AvgIpc) is 3.13. The molecule has 0 aliphatic carbocycles. The Morgan fingerprint density at radius 2 is 0.892 bits per heavy atom. The van der Waals surface area contributed by atoms with Crippen molar-refractivity contribution in [3.8, 4) is 0 Å². The van der Waals surface area contributed by atoms with E-state index in [1.54, 1.807) is 24.3 Å². The number of hydrogen-bond donors (Lipinski definition) is 1. The van der Waals surface area contributed by atoms with Gasteiger partial charge in [0.1, 0.15) is 0 Å². The molecule has 0 radical (unpaired) electrons. The number of carbonyl (C=O) groups excluding carboxylic acids is 2. The van der Waals surface area contributed by atoms with Gasteiger partial charge in [0.2, 0.25) is 0 Å². The molecule has 1 N–H and O–H groups in total. The van der Waals surface area contributed by atoms with Crippen molar-refractivity contribution in [3.05, 3.63) is 35.4 Å². The van der Waals surface area contributed by atoms with Crippen molar-refractivity contribution in [2.75, 3.05) is 99.0 Å². The summed E-state index contributed by atoms with van der Waals surface area (Å²) in [6.45, 7) is 5.70. The topological polar surface area (TPSA) is 139 Å². The highest BCUT2D eigenvalue weighted by Crippen LogP contribution is 2.21. The van der Waals surface area contributed by atoms with E-state index in [0.29, 0.717) is 90.4 Å². The van der Waals surface area contributed by atoms with Crippen LogP contribution in [0.2, 0.25) is 0 Å². The first kappa shape index (κ1) is 30.8. The first-order valence-corrected chi connectivity index (χ1v) is 12.3.